The molecule has 0 spiro atoms. The molecule has 2 heterocycles. The zero-order valence-corrected chi connectivity index (χ0v) is 18.2. The number of hydrogen-bond donors (Lipinski definition) is 3. The summed E-state index contributed by atoms with van der Waals surface area (Å²) in [6.45, 7) is 0. The fourth-order valence-corrected chi connectivity index (χ4v) is 6.88. The Bertz CT molecular complexity index is 1260. The minimum atomic E-state index is -3.82. The molecule has 2 unspecified atom stereocenters. The number of anilines is 3. The first kappa shape index (κ1) is 20.0. The number of phenols is 1. The van der Waals surface area contributed by atoms with Gasteiger partial charge in [0.2, 0.25) is 5.91 Å². The Morgan fingerprint density at radius 1 is 1.10 bits per heavy atom. The Balaban J connectivity index is 1.58. The molecule has 9 heteroatoms. The molecule has 0 saturated carbocycles. The number of carbonyl (C=O) groups is 1. The summed E-state index contributed by atoms with van der Waals surface area (Å²) in [5.74, 6) is 0.525. The van der Waals surface area contributed by atoms with Gasteiger partial charge >= 0.3 is 0 Å². The molecule has 7 nitrogen and oxygen atoms in total. The predicted octanol–water partition coefficient (Wildman–Crippen LogP) is 3.46. The number of phenolic OH excluding ortho intramolecular Hbond substituents is 1. The number of para-hydroxylation sites is 1. The number of hydrogen-bond acceptors (Lipinski definition) is 6. The van der Waals surface area contributed by atoms with Crippen LogP contribution in [0.25, 0.3) is 0 Å². The Kier molecular flexibility index (Phi) is 4.73. The summed E-state index contributed by atoms with van der Waals surface area (Å²) in [7, 11) is -2.36. The third kappa shape index (κ3) is 3.19. The summed E-state index contributed by atoms with van der Waals surface area (Å²) in [6.07, 6.45) is 0. The van der Waals surface area contributed by atoms with Crippen molar-refractivity contribution in [3.05, 3.63) is 66.2 Å². The molecule has 2 aliphatic rings. The van der Waals surface area contributed by atoms with E-state index in [1.165, 1.54) is 24.9 Å². The van der Waals surface area contributed by atoms with E-state index in [2.05, 4.69) is 5.32 Å². The lowest BCUT2D eigenvalue weighted by Gasteiger charge is -2.29. The molecular weight excluding hydrogens is 435 g/mol. The van der Waals surface area contributed by atoms with Crippen molar-refractivity contribution in [1.82, 2.24) is 0 Å². The van der Waals surface area contributed by atoms with E-state index in [-0.39, 0.29) is 28.1 Å². The van der Waals surface area contributed by atoms with Gasteiger partial charge in [0.1, 0.15) is 5.37 Å². The van der Waals surface area contributed by atoms with Gasteiger partial charge in [-0.3, -0.25) is 14.3 Å². The van der Waals surface area contributed by atoms with E-state index in [1.807, 2.05) is 6.07 Å². The molecular formula is C22H19N2O5PS. The Hall–Kier alpha value is -2.93. The lowest BCUT2D eigenvalue weighted by Crippen LogP contribution is -2.31. The van der Waals surface area contributed by atoms with Crippen LogP contribution in [-0.4, -0.2) is 28.8 Å². The van der Waals surface area contributed by atoms with Crippen LogP contribution < -0.4 is 25.6 Å². The molecule has 3 aromatic carbocycles. The Labute approximate surface area is 183 Å². The average molecular weight is 454 g/mol. The predicted molar refractivity (Wildman–Crippen MR) is 123 cm³/mol. The molecule has 1 saturated heterocycles. The average Bonchev–Trinajstić information content (AvgIpc) is 3.15. The smallest absolute Gasteiger partial charge is 0.262 e. The Morgan fingerprint density at radius 2 is 1.87 bits per heavy atom. The van der Waals surface area contributed by atoms with Gasteiger partial charge in [-0.2, -0.15) is 0 Å². The SMILES string of the molecule is COc1cc(C2SCC(=O)N2c2ccc3c(c2)P(=O)(O)c2ccccc2N3)ccc1O. The molecule has 0 radical (unpaired) electrons. The molecule has 31 heavy (non-hydrogen) atoms. The van der Waals surface area contributed by atoms with Gasteiger partial charge in [-0.15, -0.1) is 11.8 Å². The monoisotopic (exact) mass is 454 g/mol. The molecule has 158 valence electrons. The van der Waals surface area contributed by atoms with Crippen LogP contribution in [0.3, 0.4) is 0 Å². The molecule has 0 bridgehead atoms. The van der Waals surface area contributed by atoms with Gasteiger partial charge in [0.05, 0.1) is 34.8 Å². The highest BCUT2D eigenvalue weighted by Gasteiger charge is 2.38. The van der Waals surface area contributed by atoms with E-state index >= 15 is 0 Å². The standard InChI is InChI=1S/C22H19N2O5PS/c1-29-18-10-13(6-9-17(18)25)22-24(21(26)12-31-22)14-7-8-16-20(11-14)30(27,28)19-5-3-2-4-15(19)23-16/h2-11,22-23,25H,12H2,1H3,(H,27,28). The molecule has 2 atom stereocenters. The molecule has 3 N–H and O–H groups in total. The van der Waals surface area contributed by atoms with Crippen molar-refractivity contribution in [2.45, 2.75) is 5.37 Å². The molecule has 1 fully saturated rings. The summed E-state index contributed by atoms with van der Waals surface area (Å²) < 4.78 is 18.6. The summed E-state index contributed by atoms with van der Waals surface area (Å²) in [6, 6.07) is 17.0. The van der Waals surface area contributed by atoms with Crippen molar-refractivity contribution < 1.29 is 24.1 Å². The van der Waals surface area contributed by atoms with E-state index in [9.17, 15) is 19.4 Å². The number of benzene rings is 3. The quantitative estimate of drug-likeness (QED) is 0.522. The number of ether oxygens (including phenoxy) is 1. The fraction of sp³-hybridized carbons (Fsp3) is 0.136. The highest BCUT2D eigenvalue weighted by Crippen LogP contribution is 2.49. The second kappa shape index (κ2) is 7.34. The topological polar surface area (TPSA) is 99.1 Å². The van der Waals surface area contributed by atoms with Crippen molar-refractivity contribution in [3.8, 4) is 11.5 Å². The van der Waals surface area contributed by atoms with Gasteiger partial charge in [-0.25, -0.2) is 0 Å². The zero-order valence-electron chi connectivity index (χ0n) is 16.5. The van der Waals surface area contributed by atoms with Gasteiger partial charge < -0.3 is 20.1 Å². The normalized spacial score (nSPS) is 21.9. The van der Waals surface area contributed by atoms with Crippen molar-refractivity contribution in [2.24, 2.45) is 0 Å². The summed E-state index contributed by atoms with van der Waals surface area (Å²) in [4.78, 5) is 25.4. The van der Waals surface area contributed by atoms with Crippen molar-refractivity contribution in [1.29, 1.82) is 0 Å². The van der Waals surface area contributed by atoms with Crippen LogP contribution in [0.2, 0.25) is 0 Å². The van der Waals surface area contributed by atoms with Crippen LogP contribution in [0.4, 0.5) is 17.1 Å². The minimum absolute atomic E-state index is 0.0202. The molecule has 5 rings (SSSR count). The van der Waals surface area contributed by atoms with Crippen molar-refractivity contribution >= 4 is 52.7 Å². The number of thioether (sulfide) groups is 1. The summed E-state index contributed by atoms with van der Waals surface area (Å²) in [5.41, 5.74) is 2.49. The van der Waals surface area contributed by atoms with Crippen LogP contribution in [0.15, 0.2) is 60.7 Å². The van der Waals surface area contributed by atoms with E-state index in [0.29, 0.717) is 28.1 Å². The molecule has 2 aliphatic heterocycles. The first-order valence-electron chi connectivity index (χ1n) is 9.55. The number of nitrogens with one attached hydrogen (secondary N) is 1. The molecule has 1 amide bonds. The number of aromatic hydroxyl groups is 1. The molecule has 0 aliphatic carbocycles. The number of fused-ring (bicyclic) bond motifs is 2. The van der Waals surface area contributed by atoms with Crippen LogP contribution in [0.1, 0.15) is 10.9 Å². The largest absolute Gasteiger partial charge is 0.504 e. The van der Waals surface area contributed by atoms with E-state index in [0.717, 1.165) is 5.56 Å². The minimum Gasteiger partial charge on any atom is -0.504 e. The van der Waals surface area contributed by atoms with Crippen molar-refractivity contribution in [2.75, 3.05) is 23.1 Å². The third-order valence-electron chi connectivity index (χ3n) is 5.44. The maximum atomic E-state index is 13.4. The summed E-state index contributed by atoms with van der Waals surface area (Å²) >= 11 is 1.45. The first-order chi connectivity index (χ1) is 14.9. The second-order valence-corrected chi connectivity index (χ2v) is 10.5. The maximum absolute atomic E-state index is 13.4. The first-order valence-corrected chi connectivity index (χ1v) is 12.3. The zero-order chi connectivity index (χ0) is 21.8. The van der Waals surface area contributed by atoms with Crippen molar-refractivity contribution in [3.63, 3.8) is 0 Å². The summed E-state index contributed by atoms with van der Waals surface area (Å²) in [5, 5.41) is 13.4. The van der Waals surface area contributed by atoms with Gasteiger partial charge in [-0.05, 0) is 48.0 Å². The second-order valence-electron chi connectivity index (χ2n) is 7.28. The van der Waals surface area contributed by atoms with Gasteiger partial charge in [-0.1, -0.05) is 18.2 Å². The number of nitrogens with zero attached hydrogens (tertiary/aromatic N) is 1. The van der Waals surface area contributed by atoms with Crippen LogP contribution in [0.5, 0.6) is 11.5 Å². The highest BCUT2D eigenvalue weighted by atomic mass is 32.2. The molecule has 0 aromatic heterocycles. The number of rotatable bonds is 3. The van der Waals surface area contributed by atoms with Crippen LogP contribution in [-0.2, 0) is 9.36 Å². The Morgan fingerprint density at radius 3 is 2.68 bits per heavy atom. The van der Waals surface area contributed by atoms with Gasteiger partial charge in [0, 0.05) is 5.69 Å². The molecule has 3 aromatic rings. The van der Waals surface area contributed by atoms with E-state index < -0.39 is 7.37 Å². The number of methoxy groups -OCH3 is 1. The van der Waals surface area contributed by atoms with Crippen LogP contribution in [0, 0.1) is 0 Å². The van der Waals surface area contributed by atoms with E-state index in [1.54, 1.807) is 53.4 Å². The fourth-order valence-electron chi connectivity index (χ4n) is 3.94. The van der Waals surface area contributed by atoms with Gasteiger partial charge in [0.25, 0.3) is 7.37 Å². The number of carbonyl (C=O) groups excluding carboxylic acids is 1. The van der Waals surface area contributed by atoms with Crippen LogP contribution >= 0.6 is 19.1 Å². The lowest BCUT2D eigenvalue weighted by molar-refractivity contribution is -0.115. The number of amides is 1. The van der Waals surface area contributed by atoms with E-state index in [4.69, 9.17) is 4.74 Å². The lowest BCUT2D eigenvalue weighted by atomic mass is 10.1. The maximum Gasteiger partial charge on any atom is 0.262 e. The third-order valence-corrected chi connectivity index (χ3v) is 8.72. The van der Waals surface area contributed by atoms with Gasteiger partial charge in [0.15, 0.2) is 11.5 Å². The highest BCUT2D eigenvalue weighted by molar-refractivity contribution is 8.00.